The first-order chi connectivity index (χ1) is 17.4. The molecule has 190 valence electrons. The lowest BCUT2D eigenvalue weighted by Crippen LogP contribution is -2.14. The number of nitrogens with zero attached hydrogens (tertiary/aromatic N) is 1. The van der Waals surface area contributed by atoms with E-state index in [1.165, 1.54) is 66.9 Å². The average Bonchev–Trinajstić information content (AvgIpc) is 2.86. The zero-order valence-corrected chi connectivity index (χ0v) is 20.2. The van der Waals surface area contributed by atoms with Gasteiger partial charge in [-0.05, 0) is 60.2 Å². The normalized spacial score (nSPS) is 11.7. The molecule has 1 heterocycles. The third-order valence-electron chi connectivity index (χ3n) is 5.20. The number of phenolic OH excluding ortho intramolecular Hbond substituents is 1. The second-order valence-electron chi connectivity index (χ2n) is 7.75. The van der Waals surface area contributed by atoms with Crippen molar-refractivity contribution in [2.75, 3.05) is 10.0 Å². The number of benzene rings is 3. The number of hydrogen-bond donors (Lipinski definition) is 3. The number of alkyl halides is 3. The minimum Gasteiger partial charge on any atom is -0.506 e. The molecule has 0 aliphatic rings. The molecule has 0 radical (unpaired) electrons. The molecule has 0 spiro atoms. The van der Waals surface area contributed by atoms with Crippen molar-refractivity contribution < 1.29 is 31.5 Å². The molecule has 3 aromatic carbocycles. The van der Waals surface area contributed by atoms with Gasteiger partial charge in [0.05, 0.1) is 11.3 Å². The van der Waals surface area contributed by atoms with Crippen molar-refractivity contribution in [1.82, 2.24) is 4.98 Å². The maximum absolute atomic E-state index is 12.9. The van der Waals surface area contributed by atoms with Crippen LogP contribution in [-0.2, 0) is 16.2 Å². The SMILES string of the molecule is O=C(Nc1ccc(O)c(NS(=O)(=O)c2cccnc2)c1)c1ccc(-c2ccc(C(F)(F)F)cc2Cl)cc1. The highest BCUT2D eigenvalue weighted by atomic mass is 35.5. The number of anilines is 2. The van der Waals surface area contributed by atoms with Crippen LogP contribution < -0.4 is 10.0 Å². The first-order valence-corrected chi connectivity index (χ1v) is 12.3. The van der Waals surface area contributed by atoms with Crippen LogP contribution >= 0.6 is 11.6 Å². The number of rotatable bonds is 6. The Kier molecular flexibility index (Phi) is 7.10. The third-order valence-corrected chi connectivity index (χ3v) is 6.86. The fourth-order valence-corrected chi connectivity index (χ4v) is 4.65. The molecule has 4 aromatic rings. The second kappa shape index (κ2) is 10.1. The van der Waals surface area contributed by atoms with E-state index in [2.05, 4.69) is 15.0 Å². The van der Waals surface area contributed by atoms with E-state index in [1.807, 2.05) is 0 Å². The summed E-state index contributed by atoms with van der Waals surface area (Å²) in [5, 5.41) is 12.6. The van der Waals surface area contributed by atoms with E-state index < -0.39 is 27.7 Å². The predicted molar refractivity (Wildman–Crippen MR) is 133 cm³/mol. The highest BCUT2D eigenvalue weighted by Crippen LogP contribution is 2.36. The highest BCUT2D eigenvalue weighted by Gasteiger charge is 2.31. The molecule has 4 rings (SSSR count). The van der Waals surface area contributed by atoms with Crippen LogP contribution in [0.25, 0.3) is 11.1 Å². The maximum Gasteiger partial charge on any atom is 0.416 e. The van der Waals surface area contributed by atoms with Crippen LogP contribution in [-0.4, -0.2) is 24.4 Å². The molecular weight excluding hydrogens is 531 g/mol. The van der Waals surface area contributed by atoms with Gasteiger partial charge in [-0.3, -0.25) is 14.5 Å². The van der Waals surface area contributed by atoms with E-state index in [0.29, 0.717) is 11.1 Å². The first kappa shape index (κ1) is 26.0. The molecule has 37 heavy (non-hydrogen) atoms. The number of carbonyl (C=O) groups is 1. The lowest BCUT2D eigenvalue weighted by Gasteiger charge is -2.12. The number of carbonyl (C=O) groups excluding carboxylic acids is 1. The fourth-order valence-electron chi connectivity index (χ4n) is 3.34. The fraction of sp³-hybridized carbons (Fsp3) is 0.0400. The molecule has 1 aromatic heterocycles. The molecular formula is C25H17ClF3N3O4S. The van der Waals surface area contributed by atoms with Gasteiger partial charge in [0.1, 0.15) is 10.6 Å². The summed E-state index contributed by atoms with van der Waals surface area (Å²) in [4.78, 5) is 16.4. The van der Waals surface area contributed by atoms with Crippen LogP contribution in [0.2, 0.25) is 5.02 Å². The number of sulfonamides is 1. The van der Waals surface area contributed by atoms with Crippen molar-refractivity contribution in [3.05, 3.63) is 101 Å². The lowest BCUT2D eigenvalue weighted by molar-refractivity contribution is -0.137. The van der Waals surface area contributed by atoms with Crippen LogP contribution in [0.15, 0.2) is 90.1 Å². The Morgan fingerprint density at radius 2 is 1.70 bits per heavy atom. The maximum atomic E-state index is 12.9. The molecule has 1 amide bonds. The van der Waals surface area contributed by atoms with E-state index in [1.54, 1.807) is 0 Å². The molecule has 0 fully saturated rings. The van der Waals surface area contributed by atoms with Gasteiger partial charge in [0, 0.05) is 34.2 Å². The molecule has 7 nitrogen and oxygen atoms in total. The summed E-state index contributed by atoms with van der Waals surface area (Å²) in [6.45, 7) is 0. The molecule has 0 aliphatic heterocycles. The van der Waals surface area contributed by atoms with Crippen molar-refractivity contribution in [2.45, 2.75) is 11.1 Å². The molecule has 0 unspecified atom stereocenters. The van der Waals surface area contributed by atoms with Gasteiger partial charge in [0.15, 0.2) is 0 Å². The standard InChI is InChI=1S/C25H17ClF3N3O4S/c26-21-12-17(25(27,28)29)7-9-20(21)15-3-5-16(6-4-15)24(34)31-18-8-10-23(33)22(13-18)32-37(35,36)19-2-1-11-30-14-19/h1-14,32-33H,(H,31,34). The van der Waals surface area contributed by atoms with Crippen molar-refractivity contribution >= 4 is 38.9 Å². The molecule has 0 aliphatic carbocycles. The summed E-state index contributed by atoms with van der Waals surface area (Å²) in [6, 6.07) is 15.6. The molecule has 0 saturated carbocycles. The topological polar surface area (TPSA) is 108 Å². The van der Waals surface area contributed by atoms with Gasteiger partial charge in [-0.25, -0.2) is 8.42 Å². The van der Waals surface area contributed by atoms with Gasteiger partial charge < -0.3 is 10.4 Å². The Bertz CT molecular complexity index is 1560. The second-order valence-corrected chi connectivity index (χ2v) is 9.84. The van der Waals surface area contributed by atoms with Crippen LogP contribution in [0.1, 0.15) is 15.9 Å². The Balaban J connectivity index is 1.50. The highest BCUT2D eigenvalue weighted by molar-refractivity contribution is 7.92. The Morgan fingerprint density at radius 1 is 0.973 bits per heavy atom. The van der Waals surface area contributed by atoms with Crippen LogP contribution in [0.5, 0.6) is 5.75 Å². The van der Waals surface area contributed by atoms with E-state index >= 15 is 0 Å². The number of aromatic nitrogens is 1. The van der Waals surface area contributed by atoms with Gasteiger partial charge in [0.25, 0.3) is 15.9 Å². The monoisotopic (exact) mass is 547 g/mol. The van der Waals surface area contributed by atoms with Crippen molar-refractivity contribution in [3.63, 3.8) is 0 Å². The first-order valence-electron chi connectivity index (χ1n) is 10.5. The van der Waals surface area contributed by atoms with E-state index in [0.717, 1.165) is 18.3 Å². The summed E-state index contributed by atoms with van der Waals surface area (Å²) in [6.07, 6.45) is -1.96. The largest absolute Gasteiger partial charge is 0.506 e. The summed E-state index contributed by atoms with van der Waals surface area (Å²) >= 11 is 6.04. The van der Waals surface area contributed by atoms with Crippen LogP contribution in [0.3, 0.4) is 0 Å². The molecule has 12 heteroatoms. The van der Waals surface area contributed by atoms with E-state index in [9.17, 15) is 31.5 Å². The van der Waals surface area contributed by atoms with Gasteiger partial charge in [-0.15, -0.1) is 0 Å². The van der Waals surface area contributed by atoms with Gasteiger partial charge in [-0.2, -0.15) is 13.2 Å². The van der Waals surface area contributed by atoms with Gasteiger partial charge >= 0.3 is 6.18 Å². The van der Waals surface area contributed by atoms with E-state index in [4.69, 9.17) is 11.6 Å². The number of amides is 1. The number of phenols is 1. The Labute approximate surface area is 214 Å². The number of hydrogen-bond acceptors (Lipinski definition) is 5. The molecule has 0 saturated heterocycles. The molecule has 0 atom stereocenters. The number of nitrogens with one attached hydrogen (secondary N) is 2. The minimum absolute atomic E-state index is 0.0858. The molecule has 0 bridgehead atoms. The van der Waals surface area contributed by atoms with Crippen LogP contribution in [0, 0.1) is 0 Å². The average molecular weight is 548 g/mol. The van der Waals surface area contributed by atoms with Crippen molar-refractivity contribution in [3.8, 4) is 16.9 Å². The zero-order valence-electron chi connectivity index (χ0n) is 18.6. The summed E-state index contributed by atoms with van der Waals surface area (Å²) in [7, 11) is -4.04. The van der Waals surface area contributed by atoms with Crippen molar-refractivity contribution in [2.24, 2.45) is 0 Å². The summed E-state index contributed by atoms with van der Waals surface area (Å²) in [5.74, 6) is -0.903. The number of aromatic hydroxyl groups is 1. The van der Waals surface area contributed by atoms with Gasteiger partial charge in [0.2, 0.25) is 0 Å². The zero-order chi connectivity index (χ0) is 26.8. The number of pyridine rings is 1. The third kappa shape index (κ3) is 6.01. The molecule has 3 N–H and O–H groups in total. The lowest BCUT2D eigenvalue weighted by atomic mass is 10.0. The Hall–Kier alpha value is -4.09. The minimum atomic E-state index is -4.52. The van der Waals surface area contributed by atoms with Crippen molar-refractivity contribution in [1.29, 1.82) is 0 Å². The quantitative estimate of drug-likeness (QED) is 0.197. The summed E-state index contributed by atoms with van der Waals surface area (Å²) < 4.78 is 65.9. The van der Waals surface area contributed by atoms with Crippen LogP contribution in [0.4, 0.5) is 24.5 Å². The van der Waals surface area contributed by atoms with Gasteiger partial charge in [-0.1, -0.05) is 29.8 Å². The summed E-state index contributed by atoms with van der Waals surface area (Å²) in [5.41, 5.74) is 0.263. The van der Waals surface area contributed by atoms with E-state index in [-0.39, 0.29) is 32.6 Å². The number of halogens is 4. The predicted octanol–water partition coefficient (Wildman–Crippen LogP) is 6.18. The smallest absolute Gasteiger partial charge is 0.416 e. The Morgan fingerprint density at radius 3 is 2.32 bits per heavy atom.